The molecule has 2 unspecified atom stereocenters. The molecule has 1 rings (SSSR count). The lowest BCUT2D eigenvalue weighted by atomic mass is 9.88. The molecule has 0 aromatic heterocycles. The average molecular weight is 191 g/mol. The maximum atomic E-state index is 6.25. The molecule has 0 spiro atoms. The summed E-state index contributed by atoms with van der Waals surface area (Å²) >= 11 is 0. The fourth-order valence-electron chi connectivity index (χ4n) is 1.89. The first kappa shape index (κ1) is 11.3. The molecule has 0 heterocycles. The van der Waals surface area contributed by atoms with E-state index in [2.05, 4.69) is 45.9 Å². The zero-order chi connectivity index (χ0) is 10.7. The van der Waals surface area contributed by atoms with Gasteiger partial charge < -0.3 is 5.73 Å². The van der Waals surface area contributed by atoms with Crippen molar-refractivity contribution in [3.8, 4) is 0 Å². The summed E-state index contributed by atoms with van der Waals surface area (Å²) in [6.45, 7) is 8.70. The quantitative estimate of drug-likeness (QED) is 0.779. The number of nitrogens with two attached hydrogens (primary N) is 1. The molecule has 1 aromatic rings. The average Bonchev–Trinajstić information content (AvgIpc) is 2.16. The Kier molecular flexibility index (Phi) is 3.70. The Morgan fingerprint density at radius 2 is 1.71 bits per heavy atom. The lowest BCUT2D eigenvalue weighted by Gasteiger charge is -2.22. The summed E-state index contributed by atoms with van der Waals surface area (Å²) in [5.41, 5.74) is 10.2. The summed E-state index contributed by atoms with van der Waals surface area (Å²) in [5, 5.41) is 0. The normalized spacial score (nSPS) is 15.2. The van der Waals surface area contributed by atoms with Crippen molar-refractivity contribution in [1.82, 2.24) is 0 Å². The topological polar surface area (TPSA) is 26.0 Å². The molecule has 0 aliphatic carbocycles. The molecule has 0 bridgehead atoms. The van der Waals surface area contributed by atoms with Crippen molar-refractivity contribution in [2.75, 3.05) is 0 Å². The third kappa shape index (κ3) is 2.16. The lowest BCUT2D eigenvalue weighted by molar-refractivity contribution is 0.454. The molecule has 0 fully saturated rings. The van der Waals surface area contributed by atoms with Crippen LogP contribution in [0.5, 0.6) is 0 Å². The van der Waals surface area contributed by atoms with Crippen LogP contribution in [0.3, 0.4) is 0 Å². The number of hydrogen-bond acceptors (Lipinski definition) is 1. The Morgan fingerprint density at radius 3 is 2.14 bits per heavy atom. The molecule has 78 valence electrons. The molecule has 1 aromatic carbocycles. The maximum Gasteiger partial charge on any atom is 0.0326 e. The third-order valence-electron chi connectivity index (χ3n) is 3.13. The van der Waals surface area contributed by atoms with Gasteiger partial charge in [0.15, 0.2) is 0 Å². The van der Waals surface area contributed by atoms with E-state index in [0.29, 0.717) is 5.92 Å². The number of rotatable bonds is 3. The van der Waals surface area contributed by atoms with E-state index in [-0.39, 0.29) is 6.04 Å². The molecule has 1 nitrogen and oxygen atoms in total. The first-order valence-electron chi connectivity index (χ1n) is 5.39. The largest absolute Gasteiger partial charge is 0.324 e. The Hall–Kier alpha value is -0.820. The summed E-state index contributed by atoms with van der Waals surface area (Å²) < 4.78 is 0. The van der Waals surface area contributed by atoms with E-state index in [1.54, 1.807) is 0 Å². The van der Waals surface area contributed by atoms with Gasteiger partial charge in [0.05, 0.1) is 0 Å². The van der Waals surface area contributed by atoms with Crippen molar-refractivity contribution in [2.24, 2.45) is 11.7 Å². The van der Waals surface area contributed by atoms with Gasteiger partial charge >= 0.3 is 0 Å². The summed E-state index contributed by atoms with van der Waals surface area (Å²) in [6, 6.07) is 6.56. The molecule has 0 saturated carbocycles. The van der Waals surface area contributed by atoms with Crippen LogP contribution in [0.15, 0.2) is 18.2 Å². The van der Waals surface area contributed by atoms with Crippen LogP contribution in [0.2, 0.25) is 0 Å². The molecule has 0 radical (unpaired) electrons. The standard InChI is InChI=1S/C13H21N/c1-5-9(2)13(14)12-10(3)7-6-8-11(12)4/h6-9,13H,5,14H2,1-4H3. The molecular formula is C13H21N. The summed E-state index contributed by atoms with van der Waals surface area (Å²) in [5.74, 6) is 0.551. The lowest BCUT2D eigenvalue weighted by Crippen LogP contribution is -2.20. The first-order chi connectivity index (χ1) is 6.57. The molecule has 14 heavy (non-hydrogen) atoms. The summed E-state index contributed by atoms with van der Waals surface area (Å²) in [6.07, 6.45) is 1.13. The third-order valence-corrected chi connectivity index (χ3v) is 3.13. The van der Waals surface area contributed by atoms with E-state index in [1.807, 2.05) is 0 Å². The van der Waals surface area contributed by atoms with Gasteiger partial charge in [-0.25, -0.2) is 0 Å². The van der Waals surface area contributed by atoms with Crippen LogP contribution in [0.1, 0.15) is 43.0 Å². The molecule has 1 heteroatoms. The molecule has 0 aliphatic heterocycles. The van der Waals surface area contributed by atoms with Crippen molar-refractivity contribution in [2.45, 2.75) is 40.2 Å². The molecular weight excluding hydrogens is 170 g/mol. The van der Waals surface area contributed by atoms with Crippen molar-refractivity contribution in [3.05, 3.63) is 34.9 Å². The van der Waals surface area contributed by atoms with Crippen LogP contribution < -0.4 is 5.73 Å². The molecule has 0 aliphatic rings. The van der Waals surface area contributed by atoms with E-state index in [0.717, 1.165) is 6.42 Å². The van der Waals surface area contributed by atoms with Crippen LogP contribution in [-0.2, 0) is 0 Å². The van der Waals surface area contributed by atoms with Gasteiger partial charge in [-0.05, 0) is 36.5 Å². The highest BCUT2D eigenvalue weighted by molar-refractivity contribution is 5.36. The fraction of sp³-hybridized carbons (Fsp3) is 0.538. The Balaban J connectivity index is 3.05. The van der Waals surface area contributed by atoms with Crippen LogP contribution in [-0.4, -0.2) is 0 Å². The van der Waals surface area contributed by atoms with Gasteiger partial charge in [-0.3, -0.25) is 0 Å². The highest BCUT2D eigenvalue weighted by Crippen LogP contribution is 2.27. The number of hydrogen-bond donors (Lipinski definition) is 1. The van der Waals surface area contributed by atoms with Gasteiger partial charge in [0.1, 0.15) is 0 Å². The minimum absolute atomic E-state index is 0.182. The van der Waals surface area contributed by atoms with Gasteiger partial charge in [0.25, 0.3) is 0 Å². The van der Waals surface area contributed by atoms with Crippen molar-refractivity contribution >= 4 is 0 Å². The predicted octanol–water partition coefficient (Wildman–Crippen LogP) is 3.35. The highest BCUT2D eigenvalue weighted by atomic mass is 14.6. The Morgan fingerprint density at radius 1 is 1.21 bits per heavy atom. The van der Waals surface area contributed by atoms with Crippen molar-refractivity contribution in [3.63, 3.8) is 0 Å². The monoisotopic (exact) mass is 191 g/mol. The fourth-order valence-corrected chi connectivity index (χ4v) is 1.89. The maximum absolute atomic E-state index is 6.25. The van der Waals surface area contributed by atoms with Gasteiger partial charge in [0, 0.05) is 6.04 Å². The zero-order valence-electron chi connectivity index (χ0n) is 9.67. The first-order valence-corrected chi connectivity index (χ1v) is 5.39. The highest BCUT2D eigenvalue weighted by Gasteiger charge is 2.16. The van der Waals surface area contributed by atoms with Crippen molar-refractivity contribution < 1.29 is 0 Å². The van der Waals surface area contributed by atoms with E-state index in [4.69, 9.17) is 5.73 Å². The SMILES string of the molecule is CCC(C)C(N)c1c(C)cccc1C. The van der Waals surface area contributed by atoms with E-state index < -0.39 is 0 Å². The summed E-state index contributed by atoms with van der Waals surface area (Å²) in [4.78, 5) is 0. The van der Waals surface area contributed by atoms with Crippen LogP contribution in [0, 0.1) is 19.8 Å². The number of aryl methyl sites for hydroxylation is 2. The second-order valence-corrected chi connectivity index (χ2v) is 4.22. The molecule has 0 saturated heterocycles. The predicted molar refractivity (Wildman–Crippen MR) is 62.3 cm³/mol. The Labute approximate surface area is 87.3 Å². The Bertz CT molecular complexity index is 284. The number of benzene rings is 1. The van der Waals surface area contributed by atoms with Crippen LogP contribution in [0.4, 0.5) is 0 Å². The second-order valence-electron chi connectivity index (χ2n) is 4.22. The molecule has 0 amide bonds. The van der Waals surface area contributed by atoms with Gasteiger partial charge in [-0.1, -0.05) is 38.5 Å². The van der Waals surface area contributed by atoms with Gasteiger partial charge in [-0.2, -0.15) is 0 Å². The second kappa shape index (κ2) is 4.61. The summed E-state index contributed by atoms with van der Waals surface area (Å²) in [7, 11) is 0. The smallest absolute Gasteiger partial charge is 0.0326 e. The van der Waals surface area contributed by atoms with Gasteiger partial charge in [0.2, 0.25) is 0 Å². The minimum Gasteiger partial charge on any atom is -0.324 e. The van der Waals surface area contributed by atoms with Gasteiger partial charge in [-0.15, -0.1) is 0 Å². The van der Waals surface area contributed by atoms with E-state index in [1.165, 1.54) is 16.7 Å². The minimum atomic E-state index is 0.182. The van der Waals surface area contributed by atoms with Crippen molar-refractivity contribution in [1.29, 1.82) is 0 Å². The van der Waals surface area contributed by atoms with E-state index in [9.17, 15) is 0 Å². The van der Waals surface area contributed by atoms with Crippen LogP contribution in [0.25, 0.3) is 0 Å². The van der Waals surface area contributed by atoms with E-state index >= 15 is 0 Å². The van der Waals surface area contributed by atoms with Crippen LogP contribution >= 0.6 is 0 Å². The zero-order valence-corrected chi connectivity index (χ0v) is 9.67. The molecule has 2 N–H and O–H groups in total. The molecule has 2 atom stereocenters.